The molecule has 1 saturated carbocycles. The Morgan fingerprint density at radius 1 is 1.04 bits per heavy atom. The van der Waals surface area contributed by atoms with E-state index in [1.807, 2.05) is 0 Å². The number of carbonyl (C=O) groups excluding carboxylic acids is 1. The summed E-state index contributed by atoms with van der Waals surface area (Å²) in [6, 6.07) is 6.26. The van der Waals surface area contributed by atoms with Crippen LogP contribution >= 0.6 is 0 Å². The van der Waals surface area contributed by atoms with Crippen LogP contribution in [0.4, 0.5) is 0 Å². The van der Waals surface area contributed by atoms with Crippen molar-refractivity contribution in [3.8, 4) is 5.75 Å². The fraction of sp³-hybridized carbons (Fsp3) is 0.450. The highest BCUT2D eigenvalue weighted by atomic mass is 16.5. The maximum atomic E-state index is 10.9. The fourth-order valence-electron chi connectivity index (χ4n) is 2.84. The number of aliphatic hydroxyl groups is 1. The Bertz CT molecular complexity index is 671. The van der Waals surface area contributed by atoms with Gasteiger partial charge >= 0.3 is 11.9 Å². The summed E-state index contributed by atoms with van der Waals surface area (Å²) >= 11 is 0. The maximum absolute atomic E-state index is 10.9. The number of nitrogens with one attached hydrogen (secondary N) is 1. The van der Waals surface area contributed by atoms with Gasteiger partial charge in [-0.15, -0.1) is 0 Å². The number of hydrogen-bond acceptors (Lipinski definition) is 6. The van der Waals surface area contributed by atoms with Crippen LogP contribution in [0.1, 0.15) is 44.6 Å². The summed E-state index contributed by atoms with van der Waals surface area (Å²) < 4.78 is 9.60. The van der Waals surface area contributed by atoms with Crippen LogP contribution < -0.4 is 4.74 Å². The highest BCUT2D eigenvalue weighted by molar-refractivity contribution is 6.21. The fourth-order valence-corrected chi connectivity index (χ4v) is 2.84. The number of carbonyl (C=O) groups is 2. The van der Waals surface area contributed by atoms with Gasteiger partial charge in [-0.1, -0.05) is 19.3 Å². The normalized spacial score (nSPS) is 14.9. The van der Waals surface area contributed by atoms with Gasteiger partial charge in [-0.25, -0.2) is 4.79 Å². The largest absolute Gasteiger partial charge is 0.506 e. The van der Waals surface area contributed by atoms with E-state index in [0.29, 0.717) is 11.3 Å². The molecule has 3 N–H and O–H groups in total. The van der Waals surface area contributed by atoms with Gasteiger partial charge in [0, 0.05) is 11.3 Å². The summed E-state index contributed by atoms with van der Waals surface area (Å²) in [4.78, 5) is 21.8. The van der Waals surface area contributed by atoms with E-state index in [0.717, 1.165) is 12.8 Å². The smallest absolute Gasteiger partial charge is 0.341 e. The standard InChI is InChI=1S/C12H13NO4.C8H14O2/c1-7(13)10(12(15)16)11(14)8-3-5-9(17-2)6-4-8;1-10-8(9)7-5-3-2-4-6-7/h3-6,13-14H,1-2H3,(H,15,16);7H,2-6H2,1H3/b11-10+,13-7?;. The molecule has 0 atom stereocenters. The first-order valence-corrected chi connectivity index (χ1v) is 8.76. The number of aliphatic hydroxyl groups excluding tert-OH is 1. The number of esters is 1. The third-order valence-corrected chi connectivity index (χ3v) is 4.33. The lowest BCUT2D eigenvalue weighted by Gasteiger charge is -2.18. The predicted molar refractivity (Wildman–Crippen MR) is 102 cm³/mol. The zero-order valence-electron chi connectivity index (χ0n) is 15.9. The summed E-state index contributed by atoms with van der Waals surface area (Å²) in [5.41, 5.74) is -0.282. The number of rotatable bonds is 5. The zero-order chi connectivity index (χ0) is 20.4. The SMILES string of the molecule is COC(=O)C1CCCCC1.COc1ccc(/C(O)=C(/C(C)=N)C(=O)O)cc1. The second kappa shape index (κ2) is 11.0. The third kappa shape index (κ3) is 6.77. The van der Waals surface area contributed by atoms with Crippen molar-refractivity contribution in [2.24, 2.45) is 5.92 Å². The number of carboxylic acid groups (broad SMARTS) is 1. The van der Waals surface area contributed by atoms with E-state index in [9.17, 15) is 14.7 Å². The van der Waals surface area contributed by atoms with Crippen LogP contribution in [0.25, 0.3) is 5.76 Å². The van der Waals surface area contributed by atoms with E-state index < -0.39 is 17.3 Å². The molecule has 1 fully saturated rings. The molecule has 7 heteroatoms. The van der Waals surface area contributed by atoms with Crippen LogP contribution in [0.15, 0.2) is 29.8 Å². The lowest BCUT2D eigenvalue weighted by Crippen LogP contribution is -2.18. The topological polar surface area (TPSA) is 117 Å². The number of carboxylic acids is 1. The molecule has 27 heavy (non-hydrogen) atoms. The minimum absolute atomic E-state index is 0.0142. The predicted octanol–water partition coefficient (Wildman–Crippen LogP) is 3.83. The van der Waals surface area contributed by atoms with Crippen LogP contribution in [0.3, 0.4) is 0 Å². The molecule has 1 aromatic rings. The molecule has 0 heterocycles. The molecule has 0 saturated heterocycles. The van der Waals surface area contributed by atoms with Gasteiger partial charge in [0.05, 0.1) is 20.1 Å². The lowest BCUT2D eigenvalue weighted by molar-refractivity contribution is -0.146. The summed E-state index contributed by atoms with van der Waals surface area (Å²) in [7, 11) is 2.98. The average Bonchev–Trinajstić information content (AvgIpc) is 2.68. The van der Waals surface area contributed by atoms with Crippen molar-refractivity contribution < 1.29 is 29.3 Å². The van der Waals surface area contributed by atoms with Crippen molar-refractivity contribution in [3.05, 3.63) is 35.4 Å². The molecule has 0 unspecified atom stereocenters. The van der Waals surface area contributed by atoms with Gasteiger partial charge in [-0.3, -0.25) is 4.79 Å². The highest BCUT2D eigenvalue weighted by Gasteiger charge is 2.21. The molecule has 0 radical (unpaired) electrons. The Kier molecular flexibility index (Phi) is 9.05. The number of aliphatic carboxylic acids is 1. The van der Waals surface area contributed by atoms with E-state index in [-0.39, 0.29) is 17.6 Å². The van der Waals surface area contributed by atoms with Gasteiger partial charge in [0.2, 0.25) is 0 Å². The van der Waals surface area contributed by atoms with E-state index >= 15 is 0 Å². The molecule has 1 aliphatic carbocycles. The first kappa shape index (κ1) is 22.2. The molecule has 148 valence electrons. The van der Waals surface area contributed by atoms with Gasteiger partial charge < -0.3 is 25.1 Å². The van der Waals surface area contributed by atoms with Crippen molar-refractivity contribution in [2.75, 3.05) is 14.2 Å². The molecule has 0 aliphatic heterocycles. The number of hydrogen-bond donors (Lipinski definition) is 3. The molecule has 1 aromatic carbocycles. The Balaban J connectivity index is 0.000000309. The van der Waals surface area contributed by atoms with Crippen LogP contribution in [0, 0.1) is 11.3 Å². The third-order valence-electron chi connectivity index (χ3n) is 4.33. The van der Waals surface area contributed by atoms with Gasteiger partial charge in [-0.2, -0.15) is 0 Å². The first-order chi connectivity index (χ1) is 12.8. The van der Waals surface area contributed by atoms with E-state index in [4.69, 9.17) is 15.3 Å². The van der Waals surface area contributed by atoms with Gasteiger partial charge in [0.15, 0.2) is 0 Å². The monoisotopic (exact) mass is 377 g/mol. The minimum Gasteiger partial charge on any atom is -0.506 e. The molecule has 1 aliphatic rings. The zero-order valence-corrected chi connectivity index (χ0v) is 15.9. The highest BCUT2D eigenvalue weighted by Crippen LogP contribution is 2.24. The Morgan fingerprint density at radius 2 is 1.59 bits per heavy atom. The minimum atomic E-state index is -1.33. The summed E-state index contributed by atoms with van der Waals surface area (Å²) in [6.07, 6.45) is 5.74. The summed E-state index contributed by atoms with van der Waals surface area (Å²) in [5.74, 6) is -0.957. The number of ether oxygens (including phenoxy) is 2. The van der Waals surface area contributed by atoms with Crippen molar-refractivity contribution in [3.63, 3.8) is 0 Å². The molecule has 0 bridgehead atoms. The van der Waals surface area contributed by atoms with Crippen molar-refractivity contribution >= 4 is 23.4 Å². The van der Waals surface area contributed by atoms with Crippen LogP contribution in [-0.4, -0.2) is 42.1 Å². The van der Waals surface area contributed by atoms with Gasteiger partial charge in [0.25, 0.3) is 0 Å². The average molecular weight is 377 g/mol. The molecule has 7 nitrogen and oxygen atoms in total. The Morgan fingerprint density at radius 3 is 2.00 bits per heavy atom. The quantitative estimate of drug-likeness (QED) is 0.311. The molecular weight excluding hydrogens is 350 g/mol. The molecule has 2 rings (SSSR count). The van der Waals surface area contributed by atoms with Crippen LogP contribution in [0.2, 0.25) is 0 Å². The Hall–Kier alpha value is -2.83. The van der Waals surface area contributed by atoms with E-state index in [1.54, 1.807) is 12.1 Å². The van der Waals surface area contributed by atoms with Crippen molar-refractivity contribution in [1.82, 2.24) is 0 Å². The Labute approximate surface area is 159 Å². The maximum Gasteiger partial charge on any atom is 0.341 e. The van der Waals surface area contributed by atoms with E-state index in [2.05, 4.69) is 4.74 Å². The van der Waals surface area contributed by atoms with Crippen molar-refractivity contribution in [1.29, 1.82) is 5.41 Å². The summed E-state index contributed by atoms with van der Waals surface area (Å²) in [6.45, 7) is 1.31. The van der Waals surface area contributed by atoms with Crippen LogP contribution in [0.5, 0.6) is 5.75 Å². The van der Waals surface area contributed by atoms with Gasteiger partial charge in [-0.05, 0) is 44.0 Å². The van der Waals surface area contributed by atoms with E-state index in [1.165, 1.54) is 52.5 Å². The first-order valence-electron chi connectivity index (χ1n) is 8.76. The van der Waals surface area contributed by atoms with Crippen molar-refractivity contribution in [2.45, 2.75) is 39.0 Å². The summed E-state index contributed by atoms with van der Waals surface area (Å²) in [5, 5.41) is 26.0. The number of benzene rings is 1. The molecule has 0 aromatic heterocycles. The second-order valence-corrected chi connectivity index (χ2v) is 6.24. The second-order valence-electron chi connectivity index (χ2n) is 6.24. The molecular formula is C20H27NO6. The van der Waals surface area contributed by atoms with Gasteiger partial charge in [0.1, 0.15) is 17.1 Å². The molecule has 0 spiro atoms. The van der Waals surface area contributed by atoms with Crippen LogP contribution in [-0.2, 0) is 14.3 Å². The lowest BCUT2D eigenvalue weighted by atomic mass is 9.89. The number of methoxy groups -OCH3 is 2. The molecule has 0 amide bonds.